The van der Waals surface area contributed by atoms with Crippen molar-refractivity contribution in [1.82, 2.24) is 4.90 Å². The maximum atomic E-state index is 13.0. The Bertz CT molecular complexity index is 1270. The predicted octanol–water partition coefficient (Wildman–Crippen LogP) is 7.28. The van der Waals surface area contributed by atoms with Gasteiger partial charge < -0.3 is 9.47 Å². The molecule has 180 valence electrons. The zero-order chi connectivity index (χ0) is 24.9. The summed E-state index contributed by atoms with van der Waals surface area (Å²) in [6, 6.07) is 19.7. The van der Waals surface area contributed by atoms with Gasteiger partial charge in [-0.15, -0.1) is 0 Å². The van der Waals surface area contributed by atoms with Crippen LogP contribution in [0.5, 0.6) is 11.5 Å². The summed E-state index contributed by atoms with van der Waals surface area (Å²) < 4.78 is 12.6. The molecule has 2 amide bonds. The van der Waals surface area contributed by atoms with Gasteiger partial charge in [0.15, 0.2) is 11.5 Å². The maximum Gasteiger partial charge on any atom is 0.293 e. The van der Waals surface area contributed by atoms with Gasteiger partial charge in [0.1, 0.15) is 6.61 Å². The lowest BCUT2D eigenvalue weighted by Gasteiger charge is -2.15. The van der Waals surface area contributed by atoms with Gasteiger partial charge in [-0.3, -0.25) is 14.5 Å². The van der Waals surface area contributed by atoms with E-state index in [1.807, 2.05) is 81.4 Å². The number of ether oxygens (including phenoxy) is 2. The lowest BCUT2D eigenvalue weighted by Crippen LogP contribution is -2.27. The molecule has 1 aliphatic rings. The summed E-state index contributed by atoms with van der Waals surface area (Å²) in [5.41, 5.74) is 5.03. The Morgan fingerprint density at radius 1 is 0.914 bits per heavy atom. The first-order valence-corrected chi connectivity index (χ1v) is 12.9. The minimum atomic E-state index is -0.297. The SMILES string of the molecule is CCOc1cc(/C=C2\SC(=O)N(Cc3ccc(C)cc3)C2=O)cc(Br)c1OCc1ccc(C)cc1. The molecule has 35 heavy (non-hydrogen) atoms. The molecule has 4 rings (SSSR count). The summed E-state index contributed by atoms with van der Waals surface area (Å²) in [6.07, 6.45) is 1.72. The van der Waals surface area contributed by atoms with E-state index < -0.39 is 0 Å². The van der Waals surface area contributed by atoms with Gasteiger partial charge in [0.2, 0.25) is 0 Å². The second-order valence-electron chi connectivity index (χ2n) is 8.29. The summed E-state index contributed by atoms with van der Waals surface area (Å²) in [7, 11) is 0. The third-order valence-electron chi connectivity index (χ3n) is 5.47. The average molecular weight is 552 g/mol. The average Bonchev–Trinajstić information content (AvgIpc) is 3.08. The second kappa shape index (κ2) is 11.1. The van der Waals surface area contributed by atoms with Gasteiger partial charge in [-0.1, -0.05) is 59.7 Å². The van der Waals surface area contributed by atoms with Gasteiger partial charge in [-0.25, -0.2) is 0 Å². The zero-order valence-corrected chi connectivity index (χ0v) is 22.2. The summed E-state index contributed by atoms with van der Waals surface area (Å²) in [6.45, 7) is 7.06. The highest BCUT2D eigenvalue weighted by Crippen LogP contribution is 2.40. The van der Waals surface area contributed by atoms with Crippen LogP contribution in [0.1, 0.15) is 34.7 Å². The van der Waals surface area contributed by atoms with Gasteiger partial charge in [0, 0.05) is 0 Å². The monoisotopic (exact) mass is 551 g/mol. The number of hydrogen-bond acceptors (Lipinski definition) is 5. The van der Waals surface area contributed by atoms with Crippen LogP contribution < -0.4 is 9.47 Å². The molecule has 0 spiro atoms. The van der Waals surface area contributed by atoms with Crippen LogP contribution in [-0.2, 0) is 17.9 Å². The number of halogens is 1. The van der Waals surface area contributed by atoms with Crippen molar-refractivity contribution in [3.05, 3.63) is 97.9 Å². The van der Waals surface area contributed by atoms with Crippen LogP contribution in [0.4, 0.5) is 4.79 Å². The van der Waals surface area contributed by atoms with Crippen molar-refractivity contribution in [1.29, 1.82) is 0 Å². The smallest absolute Gasteiger partial charge is 0.293 e. The highest BCUT2D eigenvalue weighted by molar-refractivity contribution is 9.10. The quantitative estimate of drug-likeness (QED) is 0.275. The number of rotatable bonds is 8. The number of aryl methyl sites for hydroxylation is 2. The van der Waals surface area contributed by atoms with Gasteiger partial charge in [-0.2, -0.15) is 0 Å². The summed E-state index contributed by atoms with van der Waals surface area (Å²) in [4.78, 5) is 27.2. The Hall–Kier alpha value is -3.03. The van der Waals surface area contributed by atoms with E-state index in [2.05, 4.69) is 15.9 Å². The molecule has 3 aromatic rings. The van der Waals surface area contributed by atoms with Crippen molar-refractivity contribution in [2.24, 2.45) is 0 Å². The fourth-order valence-corrected chi connectivity index (χ4v) is 4.99. The topological polar surface area (TPSA) is 55.8 Å². The Kier molecular flexibility index (Phi) is 7.98. The van der Waals surface area contributed by atoms with Crippen LogP contribution in [0, 0.1) is 13.8 Å². The minimum Gasteiger partial charge on any atom is -0.490 e. The van der Waals surface area contributed by atoms with Crippen LogP contribution in [0.3, 0.4) is 0 Å². The number of nitrogens with zero attached hydrogens (tertiary/aromatic N) is 1. The van der Waals surface area contributed by atoms with Crippen molar-refractivity contribution in [3.8, 4) is 11.5 Å². The molecule has 0 aliphatic carbocycles. The van der Waals surface area contributed by atoms with Crippen molar-refractivity contribution in [2.75, 3.05) is 6.61 Å². The van der Waals surface area contributed by atoms with E-state index in [-0.39, 0.29) is 17.7 Å². The molecule has 0 unspecified atom stereocenters. The first-order chi connectivity index (χ1) is 16.8. The first kappa shape index (κ1) is 25.1. The fraction of sp³-hybridized carbons (Fsp3) is 0.214. The Morgan fingerprint density at radius 2 is 1.54 bits per heavy atom. The van der Waals surface area contributed by atoms with E-state index in [1.165, 1.54) is 10.5 Å². The van der Waals surface area contributed by atoms with Gasteiger partial charge in [-0.05, 0) is 83.4 Å². The van der Waals surface area contributed by atoms with Gasteiger partial charge in [0.05, 0.1) is 22.5 Å². The molecular weight excluding hydrogens is 526 g/mol. The van der Waals surface area contributed by atoms with Crippen LogP contribution in [0.25, 0.3) is 6.08 Å². The molecule has 0 atom stereocenters. The number of imide groups is 1. The second-order valence-corrected chi connectivity index (χ2v) is 10.1. The van der Waals surface area contributed by atoms with Crippen LogP contribution in [0.15, 0.2) is 70.0 Å². The third kappa shape index (κ3) is 6.16. The number of amides is 2. The molecule has 1 aliphatic heterocycles. The number of hydrogen-bond donors (Lipinski definition) is 0. The molecule has 0 N–H and O–H groups in total. The molecule has 1 heterocycles. The van der Waals surface area contributed by atoms with Crippen molar-refractivity contribution in [2.45, 2.75) is 33.9 Å². The number of carbonyl (C=O) groups excluding carboxylic acids is 2. The minimum absolute atomic E-state index is 0.252. The van der Waals surface area contributed by atoms with Gasteiger partial charge in [0.25, 0.3) is 11.1 Å². The lowest BCUT2D eigenvalue weighted by molar-refractivity contribution is -0.123. The van der Waals surface area contributed by atoms with E-state index in [4.69, 9.17) is 9.47 Å². The summed E-state index contributed by atoms with van der Waals surface area (Å²) in [5.74, 6) is 0.866. The van der Waals surface area contributed by atoms with Crippen LogP contribution in [-0.4, -0.2) is 22.7 Å². The Labute approximate surface area is 218 Å². The lowest BCUT2D eigenvalue weighted by atomic mass is 10.1. The van der Waals surface area contributed by atoms with Crippen molar-refractivity contribution >= 4 is 44.9 Å². The molecule has 5 nitrogen and oxygen atoms in total. The number of thioether (sulfide) groups is 1. The predicted molar refractivity (Wildman–Crippen MR) is 144 cm³/mol. The molecule has 0 radical (unpaired) electrons. The highest BCUT2D eigenvalue weighted by atomic mass is 79.9. The maximum absolute atomic E-state index is 13.0. The highest BCUT2D eigenvalue weighted by Gasteiger charge is 2.35. The fourth-order valence-electron chi connectivity index (χ4n) is 3.58. The molecule has 0 saturated carbocycles. The van der Waals surface area contributed by atoms with E-state index in [0.29, 0.717) is 34.1 Å². The van der Waals surface area contributed by atoms with E-state index >= 15 is 0 Å². The molecule has 1 saturated heterocycles. The molecular formula is C28H26BrNO4S. The molecule has 7 heteroatoms. The summed E-state index contributed by atoms with van der Waals surface area (Å²) in [5, 5.41) is -0.274. The number of carbonyl (C=O) groups is 2. The molecule has 0 aromatic heterocycles. The summed E-state index contributed by atoms with van der Waals surface area (Å²) >= 11 is 4.54. The molecule has 0 bridgehead atoms. The van der Waals surface area contributed by atoms with Crippen LogP contribution in [0.2, 0.25) is 0 Å². The molecule has 1 fully saturated rings. The van der Waals surface area contributed by atoms with E-state index in [9.17, 15) is 9.59 Å². The standard InChI is InChI=1S/C28H26BrNO4S/c1-4-33-24-14-22(13-23(29)26(24)34-17-21-11-7-19(3)8-12-21)15-25-27(31)30(28(32)35-25)16-20-9-5-18(2)6-10-20/h5-15H,4,16-17H2,1-3H3/b25-15-. The molecule has 3 aromatic carbocycles. The van der Waals surface area contributed by atoms with Crippen LogP contribution >= 0.6 is 27.7 Å². The largest absolute Gasteiger partial charge is 0.490 e. The third-order valence-corrected chi connectivity index (χ3v) is 6.96. The Balaban J connectivity index is 1.54. The number of benzene rings is 3. The zero-order valence-electron chi connectivity index (χ0n) is 19.8. The first-order valence-electron chi connectivity index (χ1n) is 11.3. The van der Waals surface area contributed by atoms with Crippen molar-refractivity contribution in [3.63, 3.8) is 0 Å². The Morgan fingerprint density at radius 3 is 2.17 bits per heavy atom. The normalized spacial score (nSPS) is 14.6. The van der Waals surface area contributed by atoms with Gasteiger partial charge >= 0.3 is 0 Å². The van der Waals surface area contributed by atoms with E-state index in [1.54, 1.807) is 6.08 Å². The van der Waals surface area contributed by atoms with Crippen molar-refractivity contribution < 1.29 is 19.1 Å². The van der Waals surface area contributed by atoms with E-state index in [0.717, 1.165) is 34.0 Å².